The lowest BCUT2D eigenvalue weighted by atomic mass is 10.2. The van der Waals surface area contributed by atoms with Gasteiger partial charge in [-0.25, -0.2) is 0 Å². The fourth-order valence-corrected chi connectivity index (χ4v) is 1.08. The van der Waals surface area contributed by atoms with E-state index in [0.29, 0.717) is 24.4 Å². The number of hydrogen-bond acceptors (Lipinski definition) is 3. The average Bonchev–Trinajstić information content (AvgIpc) is 2.03. The van der Waals surface area contributed by atoms with Crippen LogP contribution >= 0.6 is 0 Å². The molecule has 1 heterocycles. The number of nitrogens with two attached hydrogens (primary N) is 1. The first kappa shape index (κ1) is 9.67. The van der Waals surface area contributed by atoms with Crippen LogP contribution in [0.15, 0.2) is 16.9 Å². The summed E-state index contributed by atoms with van der Waals surface area (Å²) in [5.41, 5.74) is 6.22. The van der Waals surface area contributed by atoms with Gasteiger partial charge in [0.15, 0.2) is 11.2 Å². The summed E-state index contributed by atoms with van der Waals surface area (Å²) in [5.74, 6) is -0.143. The molecule has 3 N–H and O–H groups in total. The van der Waals surface area contributed by atoms with Crippen LogP contribution in [-0.2, 0) is 6.42 Å². The summed E-state index contributed by atoms with van der Waals surface area (Å²) < 4.78 is 0. The molecule has 0 bridgehead atoms. The summed E-state index contributed by atoms with van der Waals surface area (Å²) in [5, 5.41) is 0. The third-order valence-corrected chi connectivity index (χ3v) is 1.69. The molecule has 0 atom stereocenters. The Morgan fingerprint density at radius 3 is 2.77 bits per heavy atom. The van der Waals surface area contributed by atoms with Crippen molar-refractivity contribution in [1.29, 1.82) is 0 Å². The lowest BCUT2D eigenvalue weighted by molar-refractivity contribution is 0.101. The van der Waals surface area contributed by atoms with Gasteiger partial charge >= 0.3 is 0 Å². The largest absolute Gasteiger partial charge is 0.356 e. The number of hydrogen-bond donors (Lipinski definition) is 2. The second-order valence-corrected chi connectivity index (χ2v) is 2.85. The minimum absolute atomic E-state index is 0.143. The molecule has 1 rings (SSSR count). The molecule has 0 aromatic carbocycles. The standard InChI is InChI=1S/C9H12N2O2/c1-6(12)9-5-8(13)4-7(11-9)2-3-10/h4-5H,2-3,10H2,1H3,(H,11,13). The van der Waals surface area contributed by atoms with Crippen molar-refractivity contribution in [3.63, 3.8) is 0 Å². The van der Waals surface area contributed by atoms with Gasteiger partial charge in [-0.3, -0.25) is 9.59 Å². The van der Waals surface area contributed by atoms with Crippen molar-refractivity contribution in [2.45, 2.75) is 13.3 Å². The van der Waals surface area contributed by atoms with Crippen LogP contribution in [0.5, 0.6) is 0 Å². The van der Waals surface area contributed by atoms with Gasteiger partial charge in [-0.2, -0.15) is 0 Å². The lowest BCUT2D eigenvalue weighted by Gasteiger charge is -2.01. The van der Waals surface area contributed by atoms with Gasteiger partial charge < -0.3 is 10.7 Å². The highest BCUT2D eigenvalue weighted by atomic mass is 16.1. The van der Waals surface area contributed by atoms with E-state index in [2.05, 4.69) is 4.98 Å². The Morgan fingerprint density at radius 2 is 2.23 bits per heavy atom. The van der Waals surface area contributed by atoms with Crippen LogP contribution in [0.2, 0.25) is 0 Å². The van der Waals surface area contributed by atoms with Gasteiger partial charge in [0.2, 0.25) is 0 Å². The quantitative estimate of drug-likeness (QED) is 0.647. The molecule has 0 saturated heterocycles. The zero-order chi connectivity index (χ0) is 9.84. The number of carbonyl (C=O) groups is 1. The highest BCUT2D eigenvalue weighted by Crippen LogP contribution is 1.96. The number of carbonyl (C=O) groups excluding carboxylic acids is 1. The number of ketones is 1. The Kier molecular flexibility index (Phi) is 2.97. The Labute approximate surface area is 75.8 Å². The van der Waals surface area contributed by atoms with Crippen molar-refractivity contribution in [1.82, 2.24) is 4.98 Å². The maximum Gasteiger partial charge on any atom is 0.182 e. The molecule has 1 aromatic rings. The first-order valence-corrected chi connectivity index (χ1v) is 4.07. The van der Waals surface area contributed by atoms with Crippen molar-refractivity contribution in [3.05, 3.63) is 33.7 Å². The van der Waals surface area contributed by atoms with Gasteiger partial charge in [-0.1, -0.05) is 0 Å². The molecule has 0 aliphatic heterocycles. The molecule has 0 spiro atoms. The summed E-state index contributed by atoms with van der Waals surface area (Å²) in [6, 6.07) is 2.75. The van der Waals surface area contributed by atoms with E-state index in [1.807, 2.05) is 0 Å². The van der Waals surface area contributed by atoms with E-state index in [4.69, 9.17) is 5.73 Å². The molecule has 4 heteroatoms. The third kappa shape index (κ3) is 2.52. The van der Waals surface area contributed by atoms with Crippen molar-refractivity contribution < 1.29 is 4.79 Å². The van der Waals surface area contributed by atoms with E-state index in [9.17, 15) is 9.59 Å². The molecule has 0 aliphatic rings. The number of nitrogens with one attached hydrogen (secondary N) is 1. The average molecular weight is 180 g/mol. The van der Waals surface area contributed by atoms with Crippen molar-refractivity contribution in [3.8, 4) is 0 Å². The van der Waals surface area contributed by atoms with E-state index in [1.165, 1.54) is 19.1 Å². The summed E-state index contributed by atoms with van der Waals surface area (Å²) in [4.78, 5) is 24.9. The van der Waals surface area contributed by atoms with Crippen LogP contribution in [0.3, 0.4) is 0 Å². The smallest absolute Gasteiger partial charge is 0.182 e. The van der Waals surface area contributed by atoms with E-state index < -0.39 is 0 Å². The zero-order valence-electron chi connectivity index (χ0n) is 7.46. The first-order chi connectivity index (χ1) is 6.13. The maximum atomic E-state index is 11.1. The predicted octanol–water partition coefficient (Wildman–Crippen LogP) is 0.0787. The molecule has 13 heavy (non-hydrogen) atoms. The van der Waals surface area contributed by atoms with E-state index in [-0.39, 0.29) is 11.2 Å². The first-order valence-electron chi connectivity index (χ1n) is 4.07. The summed E-state index contributed by atoms with van der Waals surface area (Å²) >= 11 is 0. The summed E-state index contributed by atoms with van der Waals surface area (Å²) in [7, 11) is 0. The SMILES string of the molecule is CC(=O)c1cc(=O)cc(CCN)[nH]1. The fourth-order valence-electron chi connectivity index (χ4n) is 1.08. The van der Waals surface area contributed by atoms with Gasteiger partial charge in [0, 0.05) is 24.8 Å². The molecule has 0 radical (unpaired) electrons. The van der Waals surface area contributed by atoms with Crippen LogP contribution < -0.4 is 11.2 Å². The molecular weight excluding hydrogens is 168 g/mol. The number of aromatic nitrogens is 1. The highest BCUT2D eigenvalue weighted by molar-refractivity contribution is 5.92. The highest BCUT2D eigenvalue weighted by Gasteiger charge is 2.02. The van der Waals surface area contributed by atoms with Crippen LogP contribution in [-0.4, -0.2) is 17.3 Å². The molecular formula is C9H12N2O2. The Morgan fingerprint density at radius 1 is 1.54 bits per heavy atom. The summed E-state index contributed by atoms with van der Waals surface area (Å²) in [6.07, 6.45) is 0.580. The summed E-state index contributed by atoms with van der Waals surface area (Å²) in [6.45, 7) is 1.87. The molecule has 70 valence electrons. The Hall–Kier alpha value is -1.42. The third-order valence-electron chi connectivity index (χ3n) is 1.69. The molecule has 1 aromatic heterocycles. The van der Waals surface area contributed by atoms with Crippen LogP contribution in [0.4, 0.5) is 0 Å². The Balaban J connectivity index is 3.11. The van der Waals surface area contributed by atoms with Crippen LogP contribution in [0, 0.1) is 0 Å². The van der Waals surface area contributed by atoms with E-state index in [1.54, 1.807) is 0 Å². The van der Waals surface area contributed by atoms with Crippen molar-refractivity contribution in [2.24, 2.45) is 5.73 Å². The lowest BCUT2D eigenvalue weighted by Crippen LogP contribution is -2.12. The molecule has 0 unspecified atom stereocenters. The Bertz CT molecular complexity index is 368. The molecule has 0 aliphatic carbocycles. The second kappa shape index (κ2) is 4.00. The van der Waals surface area contributed by atoms with Gasteiger partial charge in [0.1, 0.15) is 0 Å². The van der Waals surface area contributed by atoms with Crippen LogP contribution in [0.1, 0.15) is 23.1 Å². The number of aromatic amines is 1. The van der Waals surface area contributed by atoms with Gasteiger partial charge in [0.05, 0.1) is 5.69 Å². The van der Waals surface area contributed by atoms with Gasteiger partial charge in [-0.05, 0) is 13.0 Å². The molecule has 4 nitrogen and oxygen atoms in total. The van der Waals surface area contributed by atoms with E-state index in [0.717, 1.165) is 0 Å². The number of pyridine rings is 1. The van der Waals surface area contributed by atoms with E-state index >= 15 is 0 Å². The molecule has 0 saturated carbocycles. The fraction of sp³-hybridized carbons (Fsp3) is 0.333. The van der Waals surface area contributed by atoms with Gasteiger partial charge in [0.25, 0.3) is 0 Å². The van der Waals surface area contributed by atoms with Gasteiger partial charge in [-0.15, -0.1) is 0 Å². The normalized spacial score (nSPS) is 10.0. The number of H-pyrrole nitrogens is 1. The number of rotatable bonds is 3. The molecule has 0 amide bonds. The topological polar surface area (TPSA) is 75.9 Å². The monoisotopic (exact) mass is 180 g/mol. The minimum atomic E-state index is -0.160. The predicted molar refractivity (Wildman–Crippen MR) is 49.8 cm³/mol. The zero-order valence-corrected chi connectivity index (χ0v) is 7.46. The number of Topliss-reactive ketones (excluding diaryl/α,β-unsaturated/α-hetero) is 1. The molecule has 0 fully saturated rings. The van der Waals surface area contributed by atoms with Crippen molar-refractivity contribution in [2.75, 3.05) is 6.54 Å². The van der Waals surface area contributed by atoms with Crippen LogP contribution in [0.25, 0.3) is 0 Å². The maximum absolute atomic E-state index is 11.1. The van der Waals surface area contributed by atoms with Crippen molar-refractivity contribution >= 4 is 5.78 Å². The second-order valence-electron chi connectivity index (χ2n) is 2.85. The minimum Gasteiger partial charge on any atom is -0.356 e.